The van der Waals surface area contributed by atoms with Gasteiger partial charge in [0, 0.05) is 17.3 Å². The summed E-state index contributed by atoms with van der Waals surface area (Å²) in [4.78, 5) is 20.5. The first-order valence-corrected chi connectivity index (χ1v) is 6.22. The number of aromatic nitrogens is 2. The van der Waals surface area contributed by atoms with Gasteiger partial charge in [0.2, 0.25) is 0 Å². The lowest BCUT2D eigenvalue weighted by Gasteiger charge is -2.01. The molecule has 86 valence electrons. The van der Waals surface area contributed by atoms with Crippen LogP contribution in [0, 0.1) is 6.92 Å². The van der Waals surface area contributed by atoms with Crippen LogP contribution in [0.3, 0.4) is 0 Å². The maximum absolute atomic E-state index is 11.8. The number of thioether (sulfide) groups is 1. The Labute approximate surface area is 104 Å². The first-order chi connectivity index (χ1) is 8.25. The third-order valence-corrected chi connectivity index (χ3v) is 3.29. The normalized spacial score (nSPS) is 10.2. The molecule has 3 nitrogen and oxygen atoms in total. The van der Waals surface area contributed by atoms with Gasteiger partial charge >= 0.3 is 0 Å². The van der Waals surface area contributed by atoms with Crippen molar-refractivity contribution in [1.82, 2.24) is 9.97 Å². The smallest absolute Gasteiger partial charge is 0.176 e. The topological polar surface area (TPSA) is 42.9 Å². The highest BCUT2D eigenvalue weighted by Gasteiger charge is 2.06. The highest BCUT2D eigenvalue weighted by Crippen LogP contribution is 2.19. The number of aryl methyl sites for hydroxylation is 1. The molecule has 0 amide bonds. The van der Waals surface area contributed by atoms with Crippen molar-refractivity contribution in [1.29, 1.82) is 0 Å². The van der Waals surface area contributed by atoms with Crippen LogP contribution in [-0.2, 0) is 0 Å². The molecule has 0 aliphatic rings. The highest BCUT2D eigenvalue weighted by atomic mass is 32.2. The van der Waals surface area contributed by atoms with Crippen LogP contribution in [0.15, 0.2) is 47.9 Å². The van der Waals surface area contributed by atoms with Crippen molar-refractivity contribution >= 4 is 17.5 Å². The molecule has 1 aromatic carbocycles. The number of nitrogens with zero attached hydrogens (tertiary/aromatic N) is 2. The molecule has 0 radical (unpaired) electrons. The predicted octanol–water partition coefficient (Wildman–Crippen LogP) is 2.76. The molecule has 0 aliphatic carbocycles. The summed E-state index contributed by atoms with van der Waals surface area (Å²) in [5.74, 6) is 0.465. The van der Waals surface area contributed by atoms with E-state index in [4.69, 9.17) is 0 Å². The minimum absolute atomic E-state index is 0.0520. The molecule has 0 saturated heterocycles. The van der Waals surface area contributed by atoms with Crippen molar-refractivity contribution in [2.24, 2.45) is 0 Å². The molecule has 4 heteroatoms. The van der Waals surface area contributed by atoms with E-state index >= 15 is 0 Å². The summed E-state index contributed by atoms with van der Waals surface area (Å²) < 4.78 is 0. The Morgan fingerprint density at radius 1 is 1.18 bits per heavy atom. The van der Waals surface area contributed by atoms with E-state index in [2.05, 4.69) is 9.97 Å². The molecule has 0 saturated carbocycles. The monoisotopic (exact) mass is 244 g/mol. The van der Waals surface area contributed by atoms with Crippen molar-refractivity contribution in [3.63, 3.8) is 0 Å². The van der Waals surface area contributed by atoms with E-state index in [1.54, 1.807) is 12.4 Å². The molecule has 0 atom stereocenters. The summed E-state index contributed by atoms with van der Waals surface area (Å²) in [5, 5.41) is 0. The second-order valence-corrected chi connectivity index (χ2v) is 4.70. The summed E-state index contributed by atoms with van der Waals surface area (Å²) in [7, 11) is 0. The zero-order valence-corrected chi connectivity index (χ0v) is 10.3. The van der Waals surface area contributed by atoms with Crippen molar-refractivity contribution in [3.8, 4) is 0 Å². The molecule has 1 heterocycles. The van der Waals surface area contributed by atoms with Crippen molar-refractivity contribution < 1.29 is 4.79 Å². The molecule has 0 fully saturated rings. The summed E-state index contributed by atoms with van der Waals surface area (Å²) >= 11 is 1.53. The van der Waals surface area contributed by atoms with E-state index in [1.165, 1.54) is 23.7 Å². The van der Waals surface area contributed by atoms with Gasteiger partial charge in [-0.3, -0.25) is 4.79 Å². The van der Waals surface area contributed by atoms with Gasteiger partial charge in [-0.15, -0.1) is 11.8 Å². The van der Waals surface area contributed by atoms with Gasteiger partial charge in [0.15, 0.2) is 5.78 Å². The lowest BCUT2D eigenvalue weighted by molar-refractivity contribution is 0.102. The van der Waals surface area contributed by atoms with Crippen LogP contribution in [0.4, 0.5) is 0 Å². The van der Waals surface area contributed by atoms with E-state index in [1.807, 2.05) is 31.2 Å². The number of hydrogen-bond donors (Lipinski definition) is 0. The molecule has 2 rings (SSSR count). The number of carbonyl (C=O) groups excluding carboxylic acids is 1. The Morgan fingerprint density at radius 3 is 2.47 bits per heavy atom. The predicted molar refractivity (Wildman–Crippen MR) is 68.3 cm³/mol. The fraction of sp³-hybridized carbons (Fsp3) is 0.154. The zero-order chi connectivity index (χ0) is 12.1. The molecule has 2 aromatic rings. The van der Waals surface area contributed by atoms with Gasteiger partial charge < -0.3 is 0 Å². The Balaban J connectivity index is 1.95. The van der Waals surface area contributed by atoms with Crippen LogP contribution in [-0.4, -0.2) is 21.5 Å². The average Bonchev–Trinajstić information content (AvgIpc) is 2.39. The number of Topliss-reactive ketones (excluding diaryl/α,β-unsaturated/α-hetero) is 1. The molecule has 0 N–H and O–H groups in total. The Bertz CT molecular complexity index is 497. The largest absolute Gasteiger partial charge is 0.293 e. The van der Waals surface area contributed by atoms with Crippen LogP contribution in [0.2, 0.25) is 0 Å². The van der Waals surface area contributed by atoms with Crippen molar-refractivity contribution in [2.75, 3.05) is 5.75 Å². The minimum Gasteiger partial charge on any atom is -0.293 e. The number of rotatable bonds is 4. The number of benzene rings is 1. The van der Waals surface area contributed by atoms with Crippen LogP contribution in [0.5, 0.6) is 0 Å². The molecule has 17 heavy (non-hydrogen) atoms. The van der Waals surface area contributed by atoms with Gasteiger partial charge in [0.1, 0.15) is 6.33 Å². The SMILES string of the molecule is Cc1ccc(SCC(=O)c2cncnc2)cc1. The van der Waals surface area contributed by atoms with Crippen molar-refractivity contribution in [3.05, 3.63) is 54.1 Å². The molecule has 1 aromatic heterocycles. The average molecular weight is 244 g/mol. The third kappa shape index (κ3) is 3.39. The van der Waals surface area contributed by atoms with Gasteiger partial charge in [-0.2, -0.15) is 0 Å². The fourth-order valence-electron chi connectivity index (χ4n) is 1.31. The van der Waals surface area contributed by atoms with E-state index in [0.29, 0.717) is 11.3 Å². The summed E-state index contributed by atoms with van der Waals surface area (Å²) in [5.41, 5.74) is 1.78. The molecule has 0 aliphatic heterocycles. The van der Waals surface area contributed by atoms with Crippen LogP contribution >= 0.6 is 11.8 Å². The minimum atomic E-state index is 0.0520. The fourth-order valence-corrected chi connectivity index (χ4v) is 2.10. The second kappa shape index (κ2) is 5.59. The summed E-state index contributed by atoms with van der Waals surface area (Å²) in [6.07, 6.45) is 4.51. The van der Waals surface area contributed by atoms with Crippen LogP contribution < -0.4 is 0 Å². The second-order valence-electron chi connectivity index (χ2n) is 3.65. The van der Waals surface area contributed by atoms with E-state index < -0.39 is 0 Å². The zero-order valence-electron chi connectivity index (χ0n) is 9.46. The number of hydrogen-bond acceptors (Lipinski definition) is 4. The molecule has 0 bridgehead atoms. The molecule has 0 unspecified atom stereocenters. The van der Waals surface area contributed by atoms with E-state index in [0.717, 1.165) is 4.90 Å². The van der Waals surface area contributed by atoms with Gasteiger partial charge in [0.25, 0.3) is 0 Å². The van der Waals surface area contributed by atoms with Gasteiger partial charge in [-0.05, 0) is 19.1 Å². The standard InChI is InChI=1S/C13H12N2OS/c1-10-2-4-12(5-3-10)17-8-13(16)11-6-14-9-15-7-11/h2-7,9H,8H2,1H3. The number of ketones is 1. The maximum atomic E-state index is 11.8. The Kier molecular flexibility index (Phi) is 3.88. The third-order valence-electron chi connectivity index (χ3n) is 2.27. The molecule has 0 spiro atoms. The first kappa shape index (κ1) is 11.8. The van der Waals surface area contributed by atoms with Crippen molar-refractivity contribution in [2.45, 2.75) is 11.8 Å². The van der Waals surface area contributed by atoms with Crippen LogP contribution in [0.25, 0.3) is 0 Å². The van der Waals surface area contributed by atoms with Gasteiger partial charge in [-0.1, -0.05) is 17.7 Å². The number of carbonyl (C=O) groups is 1. The quantitative estimate of drug-likeness (QED) is 0.612. The Hall–Kier alpha value is -1.68. The van der Waals surface area contributed by atoms with Gasteiger partial charge in [-0.25, -0.2) is 9.97 Å². The van der Waals surface area contributed by atoms with E-state index in [-0.39, 0.29) is 5.78 Å². The van der Waals surface area contributed by atoms with Crippen LogP contribution in [0.1, 0.15) is 15.9 Å². The molecular weight excluding hydrogens is 232 g/mol. The Morgan fingerprint density at radius 2 is 1.82 bits per heavy atom. The highest BCUT2D eigenvalue weighted by molar-refractivity contribution is 8.00. The maximum Gasteiger partial charge on any atom is 0.176 e. The summed E-state index contributed by atoms with van der Waals surface area (Å²) in [6, 6.07) is 8.13. The lowest BCUT2D eigenvalue weighted by atomic mass is 10.2. The summed E-state index contributed by atoms with van der Waals surface area (Å²) in [6.45, 7) is 2.04. The lowest BCUT2D eigenvalue weighted by Crippen LogP contribution is -2.03. The molecular formula is C13H12N2OS. The van der Waals surface area contributed by atoms with Gasteiger partial charge in [0.05, 0.1) is 11.3 Å². The first-order valence-electron chi connectivity index (χ1n) is 5.23. The van der Waals surface area contributed by atoms with E-state index in [9.17, 15) is 4.79 Å².